The van der Waals surface area contributed by atoms with Crippen LogP contribution in [0.5, 0.6) is 0 Å². The highest BCUT2D eigenvalue weighted by molar-refractivity contribution is 6.23. The summed E-state index contributed by atoms with van der Waals surface area (Å²) in [6.45, 7) is 0. The largest absolute Gasteiger partial charge is 0.466 e. The van der Waals surface area contributed by atoms with Gasteiger partial charge in [-0.05, 0) is 18.2 Å². The van der Waals surface area contributed by atoms with E-state index < -0.39 is 29.8 Å². The molecule has 0 bridgehead atoms. The molecule has 1 atom stereocenters. The standard InChI is InChI=1S/C19H14FN3O4/c1-27-18(25)14-15(10-6-2-3-7-11(10)20)22-19(26)23-13-9-5-4-8-12(13)21-17(24)16(14)23/h2-9,15H,1H3,(H,21,24)(H,22,26)/t15-/m0/s1. The number of nitrogens with one attached hydrogen (secondary N) is 2. The average Bonchev–Trinajstić information content (AvgIpc) is 2.67. The number of urea groups is 1. The van der Waals surface area contributed by atoms with Crippen molar-refractivity contribution >= 4 is 29.3 Å². The number of para-hydroxylation sites is 2. The molecule has 7 nitrogen and oxygen atoms in total. The number of amides is 3. The van der Waals surface area contributed by atoms with Gasteiger partial charge >= 0.3 is 12.0 Å². The zero-order valence-electron chi connectivity index (χ0n) is 14.2. The molecular weight excluding hydrogens is 353 g/mol. The predicted molar refractivity (Wildman–Crippen MR) is 94.3 cm³/mol. The fourth-order valence-corrected chi connectivity index (χ4v) is 3.30. The molecule has 2 N–H and O–H groups in total. The molecule has 3 amide bonds. The van der Waals surface area contributed by atoms with Gasteiger partial charge in [0.05, 0.1) is 30.1 Å². The van der Waals surface area contributed by atoms with Crippen LogP contribution in [-0.4, -0.2) is 25.0 Å². The molecule has 2 aromatic rings. The van der Waals surface area contributed by atoms with Crippen molar-refractivity contribution in [3.63, 3.8) is 0 Å². The SMILES string of the molecule is COC(=O)C1=C2C(=O)Nc3ccccc3N2C(=O)N[C@H]1c1ccccc1F. The minimum Gasteiger partial charge on any atom is -0.466 e. The Morgan fingerprint density at radius 3 is 2.56 bits per heavy atom. The second-order valence-corrected chi connectivity index (χ2v) is 5.96. The molecule has 0 fully saturated rings. The molecule has 0 aliphatic carbocycles. The molecule has 4 rings (SSSR count). The summed E-state index contributed by atoms with van der Waals surface area (Å²) >= 11 is 0. The van der Waals surface area contributed by atoms with Crippen molar-refractivity contribution in [2.24, 2.45) is 0 Å². The summed E-state index contributed by atoms with van der Waals surface area (Å²) in [4.78, 5) is 39.2. The van der Waals surface area contributed by atoms with Crippen LogP contribution in [0.15, 0.2) is 59.8 Å². The first-order chi connectivity index (χ1) is 13.0. The number of ether oxygens (including phenoxy) is 1. The van der Waals surface area contributed by atoms with Gasteiger partial charge in [-0.15, -0.1) is 0 Å². The van der Waals surface area contributed by atoms with E-state index in [2.05, 4.69) is 10.6 Å². The average molecular weight is 367 g/mol. The molecule has 2 aromatic carbocycles. The van der Waals surface area contributed by atoms with Crippen LogP contribution in [0.2, 0.25) is 0 Å². The van der Waals surface area contributed by atoms with Crippen LogP contribution in [-0.2, 0) is 14.3 Å². The Balaban J connectivity index is 1.98. The van der Waals surface area contributed by atoms with E-state index in [-0.39, 0.29) is 16.8 Å². The zero-order valence-corrected chi connectivity index (χ0v) is 14.2. The Morgan fingerprint density at radius 1 is 1.11 bits per heavy atom. The van der Waals surface area contributed by atoms with Crippen molar-refractivity contribution in [2.75, 3.05) is 17.3 Å². The maximum absolute atomic E-state index is 14.4. The van der Waals surface area contributed by atoms with E-state index in [1.165, 1.54) is 18.2 Å². The van der Waals surface area contributed by atoms with Gasteiger partial charge in [0, 0.05) is 5.56 Å². The van der Waals surface area contributed by atoms with Crippen LogP contribution in [0.25, 0.3) is 0 Å². The molecule has 2 aliphatic rings. The van der Waals surface area contributed by atoms with E-state index in [1.807, 2.05) is 0 Å². The van der Waals surface area contributed by atoms with Crippen molar-refractivity contribution in [2.45, 2.75) is 6.04 Å². The number of carbonyl (C=O) groups excluding carboxylic acids is 3. The van der Waals surface area contributed by atoms with E-state index in [9.17, 15) is 18.8 Å². The quantitative estimate of drug-likeness (QED) is 0.799. The molecule has 0 saturated heterocycles. The molecule has 136 valence electrons. The first kappa shape index (κ1) is 16.8. The maximum Gasteiger partial charge on any atom is 0.338 e. The highest BCUT2D eigenvalue weighted by Gasteiger charge is 2.45. The second kappa shape index (κ2) is 6.24. The number of methoxy groups -OCH3 is 1. The summed E-state index contributed by atoms with van der Waals surface area (Å²) in [5.74, 6) is -2.10. The molecule has 2 heterocycles. The van der Waals surface area contributed by atoms with E-state index in [0.29, 0.717) is 11.4 Å². The number of hydrogen-bond donors (Lipinski definition) is 2. The fraction of sp³-hybridized carbons (Fsp3) is 0.105. The Hall–Kier alpha value is -3.68. The van der Waals surface area contributed by atoms with Gasteiger partial charge in [0.25, 0.3) is 5.91 Å². The second-order valence-electron chi connectivity index (χ2n) is 5.96. The van der Waals surface area contributed by atoms with Gasteiger partial charge < -0.3 is 15.4 Å². The highest BCUT2D eigenvalue weighted by Crippen LogP contribution is 2.40. The number of anilines is 2. The molecule has 0 saturated carbocycles. The Morgan fingerprint density at radius 2 is 1.81 bits per heavy atom. The number of esters is 1. The fourth-order valence-electron chi connectivity index (χ4n) is 3.30. The number of carbonyl (C=O) groups is 3. The summed E-state index contributed by atoms with van der Waals surface area (Å²) in [6.07, 6.45) is 0. The van der Waals surface area contributed by atoms with Crippen LogP contribution < -0.4 is 15.5 Å². The first-order valence-corrected chi connectivity index (χ1v) is 8.11. The lowest BCUT2D eigenvalue weighted by atomic mass is 9.92. The summed E-state index contributed by atoms with van der Waals surface area (Å²) in [7, 11) is 1.16. The molecular formula is C19H14FN3O4. The Bertz CT molecular complexity index is 1020. The van der Waals surface area contributed by atoms with Crippen LogP contribution in [0.4, 0.5) is 20.6 Å². The van der Waals surface area contributed by atoms with Gasteiger partial charge in [0.2, 0.25) is 0 Å². The van der Waals surface area contributed by atoms with Gasteiger partial charge in [0.15, 0.2) is 0 Å². The van der Waals surface area contributed by atoms with E-state index >= 15 is 0 Å². The van der Waals surface area contributed by atoms with Crippen LogP contribution in [0.3, 0.4) is 0 Å². The van der Waals surface area contributed by atoms with Crippen molar-refractivity contribution in [1.82, 2.24) is 5.32 Å². The number of nitrogens with zero attached hydrogens (tertiary/aromatic N) is 1. The van der Waals surface area contributed by atoms with Gasteiger partial charge in [0.1, 0.15) is 11.5 Å². The molecule has 27 heavy (non-hydrogen) atoms. The Kier molecular flexibility index (Phi) is 3.88. The predicted octanol–water partition coefficient (Wildman–Crippen LogP) is 2.48. The Labute approximate surface area is 153 Å². The molecule has 0 radical (unpaired) electrons. The lowest BCUT2D eigenvalue weighted by Crippen LogP contribution is -2.53. The highest BCUT2D eigenvalue weighted by atomic mass is 19.1. The lowest BCUT2D eigenvalue weighted by Gasteiger charge is -2.38. The van der Waals surface area contributed by atoms with E-state index in [0.717, 1.165) is 12.0 Å². The summed E-state index contributed by atoms with van der Waals surface area (Å²) in [5, 5.41) is 5.26. The smallest absolute Gasteiger partial charge is 0.338 e. The summed E-state index contributed by atoms with van der Waals surface area (Å²) in [5.41, 5.74) is 0.560. The summed E-state index contributed by atoms with van der Waals surface area (Å²) < 4.78 is 19.2. The first-order valence-electron chi connectivity index (χ1n) is 8.11. The number of hydrogen-bond acceptors (Lipinski definition) is 4. The number of benzene rings is 2. The monoisotopic (exact) mass is 367 g/mol. The van der Waals surface area contributed by atoms with Gasteiger partial charge in [-0.1, -0.05) is 30.3 Å². The third kappa shape index (κ3) is 2.53. The third-order valence-electron chi connectivity index (χ3n) is 4.47. The van der Waals surface area contributed by atoms with Crippen LogP contribution >= 0.6 is 0 Å². The van der Waals surface area contributed by atoms with Crippen molar-refractivity contribution < 1.29 is 23.5 Å². The van der Waals surface area contributed by atoms with Crippen LogP contribution in [0, 0.1) is 5.82 Å². The molecule has 8 heteroatoms. The minimum atomic E-state index is -1.16. The van der Waals surface area contributed by atoms with Gasteiger partial charge in [-0.2, -0.15) is 0 Å². The van der Waals surface area contributed by atoms with Crippen molar-refractivity contribution in [3.05, 3.63) is 71.2 Å². The van der Waals surface area contributed by atoms with Crippen molar-refractivity contribution in [3.8, 4) is 0 Å². The topological polar surface area (TPSA) is 87.7 Å². The van der Waals surface area contributed by atoms with Gasteiger partial charge in [-0.25, -0.2) is 14.0 Å². The lowest BCUT2D eigenvalue weighted by molar-refractivity contribution is -0.137. The van der Waals surface area contributed by atoms with Crippen LogP contribution in [0.1, 0.15) is 11.6 Å². The van der Waals surface area contributed by atoms with E-state index in [1.54, 1.807) is 30.3 Å². The zero-order chi connectivity index (χ0) is 19.1. The van der Waals surface area contributed by atoms with E-state index in [4.69, 9.17) is 4.74 Å². The molecule has 2 aliphatic heterocycles. The third-order valence-corrected chi connectivity index (χ3v) is 4.47. The number of rotatable bonds is 2. The molecule has 0 spiro atoms. The maximum atomic E-state index is 14.4. The van der Waals surface area contributed by atoms with Crippen molar-refractivity contribution in [1.29, 1.82) is 0 Å². The number of halogens is 1. The minimum absolute atomic E-state index is 0.0602. The number of fused-ring (bicyclic) bond motifs is 3. The summed E-state index contributed by atoms with van der Waals surface area (Å²) in [6, 6.07) is 10.6. The molecule has 0 unspecified atom stereocenters. The molecule has 0 aromatic heterocycles. The normalized spacial score (nSPS) is 18.3. The van der Waals surface area contributed by atoms with Gasteiger partial charge in [-0.3, -0.25) is 9.69 Å².